The smallest absolute Gasteiger partial charge is 0.280 e. The van der Waals surface area contributed by atoms with Crippen LogP contribution < -0.4 is 9.47 Å². The monoisotopic (exact) mass is 485 g/mol. The molecule has 0 saturated carbocycles. The molecule has 2 atom stereocenters. The number of nitro groups is 1. The Morgan fingerprint density at radius 3 is 2.50 bits per heavy atom. The van der Waals surface area contributed by atoms with Gasteiger partial charge in [-0.2, -0.15) is 0 Å². The SMILES string of the molecule is CCOc1ccc([C@@H](Br)[C@H](Br)C(=O)c2ccccc2[N+](=O)[O-])cc1OC. The number of para-hydroxylation sites is 1. The van der Waals surface area contributed by atoms with Crippen LogP contribution in [0.2, 0.25) is 0 Å². The van der Waals surface area contributed by atoms with Crippen LogP contribution in [0.15, 0.2) is 42.5 Å². The number of alkyl halides is 2. The first kappa shape index (κ1) is 20.4. The van der Waals surface area contributed by atoms with E-state index >= 15 is 0 Å². The quantitative estimate of drug-likeness (QED) is 0.225. The van der Waals surface area contributed by atoms with Gasteiger partial charge in [0.15, 0.2) is 17.3 Å². The van der Waals surface area contributed by atoms with Crippen molar-refractivity contribution in [3.63, 3.8) is 0 Å². The zero-order chi connectivity index (χ0) is 19.3. The second-order valence-electron chi connectivity index (χ2n) is 5.29. The number of hydrogen-bond donors (Lipinski definition) is 0. The Hall–Kier alpha value is -1.93. The molecule has 0 amide bonds. The summed E-state index contributed by atoms with van der Waals surface area (Å²) >= 11 is 6.87. The van der Waals surface area contributed by atoms with E-state index in [1.165, 1.54) is 25.3 Å². The van der Waals surface area contributed by atoms with E-state index < -0.39 is 14.6 Å². The molecular weight excluding hydrogens is 470 g/mol. The van der Waals surface area contributed by atoms with Crippen molar-refractivity contribution >= 4 is 43.3 Å². The third kappa shape index (κ3) is 4.42. The van der Waals surface area contributed by atoms with Crippen LogP contribution in [0.25, 0.3) is 0 Å². The van der Waals surface area contributed by atoms with Gasteiger partial charge in [0.2, 0.25) is 0 Å². The Balaban J connectivity index is 2.31. The number of ether oxygens (including phenoxy) is 2. The van der Waals surface area contributed by atoms with E-state index in [1.807, 2.05) is 13.0 Å². The Morgan fingerprint density at radius 1 is 1.19 bits per heavy atom. The molecule has 0 unspecified atom stereocenters. The molecule has 2 aromatic rings. The molecule has 0 aromatic heterocycles. The van der Waals surface area contributed by atoms with Crippen LogP contribution in [-0.4, -0.2) is 29.3 Å². The topological polar surface area (TPSA) is 78.7 Å². The first-order valence-corrected chi connectivity index (χ1v) is 9.60. The maximum atomic E-state index is 12.8. The maximum Gasteiger partial charge on any atom is 0.280 e. The van der Waals surface area contributed by atoms with Crippen LogP contribution in [0.5, 0.6) is 11.5 Å². The highest BCUT2D eigenvalue weighted by atomic mass is 79.9. The summed E-state index contributed by atoms with van der Waals surface area (Å²) in [6.45, 7) is 2.38. The number of ketones is 1. The van der Waals surface area contributed by atoms with Crippen molar-refractivity contribution in [3.05, 3.63) is 63.7 Å². The van der Waals surface area contributed by atoms with Crippen molar-refractivity contribution in [2.45, 2.75) is 16.6 Å². The van der Waals surface area contributed by atoms with Gasteiger partial charge in [0.25, 0.3) is 5.69 Å². The fourth-order valence-electron chi connectivity index (χ4n) is 2.42. The molecule has 0 heterocycles. The lowest BCUT2D eigenvalue weighted by atomic mass is 10.0. The van der Waals surface area contributed by atoms with Gasteiger partial charge in [0.05, 0.1) is 33.9 Å². The largest absolute Gasteiger partial charge is 0.493 e. The van der Waals surface area contributed by atoms with Crippen LogP contribution in [0, 0.1) is 10.1 Å². The molecule has 0 aliphatic rings. The first-order valence-electron chi connectivity index (χ1n) is 7.77. The van der Waals surface area contributed by atoms with Gasteiger partial charge < -0.3 is 9.47 Å². The van der Waals surface area contributed by atoms with Crippen LogP contribution in [-0.2, 0) is 0 Å². The molecule has 8 heteroatoms. The molecule has 0 N–H and O–H groups in total. The van der Waals surface area contributed by atoms with Gasteiger partial charge in [-0.25, -0.2) is 0 Å². The molecular formula is C18H17Br2NO5. The number of nitrogens with zero attached hydrogens (tertiary/aromatic N) is 1. The third-order valence-corrected chi connectivity index (χ3v) is 6.39. The van der Waals surface area contributed by atoms with Gasteiger partial charge in [-0.3, -0.25) is 14.9 Å². The second kappa shape index (κ2) is 9.14. The van der Waals surface area contributed by atoms with Gasteiger partial charge in [-0.15, -0.1) is 0 Å². The number of methoxy groups -OCH3 is 1. The normalized spacial score (nSPS) is 12.9. The van der Waals surface area contributed by atoms with Crippen molar-refractivity contribution in [1.82, 2.24) is 0 Å². The summed E-state index contributed by atoms with van der Waals surface area (Å²) < 4.78 is 10.8. The van der Waals surface area contributed by atoms with Gasteiger partial charge in [0.1, 0.15) is 0 Å². The fourth-order valence-corrected chi connectivity index (χ4v) is 3.50. The Labute approximate surface area is 167 Å². The lowest BCUT2D eigenvalue weighted by Gasteiger charge is -2.18. The molecule has 0 aliphatic heterocycles. The van der Waals surface area contributed by atoms with Gasteiger partial charge in [-0.1, -0.05) is 50.1 Å². The molecule has 0 fully saturated rings. The minimum absolute atomic E-state index is 0.0572. The highest BCUT2D eigenvalue weighted by molar-refractivity contribution is 9.12. The summed E-state index contributed by atoms with van der Waals surface area (Å²) in [6.07, 6.45) is 0. The standard InChI is InChI=1S/C18H17Br2NO5/c1-3-26-14-9-8-11(10-15(14)25-2)16(19)17(20)18(22)12-6-4-5-7-13(12)21(23)24/h4-10,16-17H,3H2,1-2H3/t16-,17+/m1/s1. The molecule has 26 heavy (non-hydrogen) atoms. The van der Waals surface area contributed by atoms with Crippen LogP contribution in [0.3, 0.4) is 0 Å². The number of halogens is 2. The summed E-state index contributed by atoms with van der Waals surface area (Å²) in [5.41, 5.74) is 0.617. The third-order valence-electron chi connectivity index (χ3n) is 3.68. The van der Waals surface area contributed by atoms with E-state index in [2.05, 4.69) is 31.9 Å². The molecule has 0 saturated heterocycles. The maximum absolute atomic E-state index is 12.8. The van der Waals surface area contributed by atoms with E-state index in [4.69, 9.17) is 9.47 Å². The molecule has 0 spiro atoms. The van der Waals surface area contributed by atoms with Crippen molar-refractivity contribution in [3.8, 4) is 11.5 Å². The van der Waals surface area contributed by atoms with E-state index in [9.17, 15) is 14.9 Å². The predicted molar refractivity (Wildman–Crippen MR) is 106 cm³/mol. The van der Waals surface area contributed by atoms with E-state index in [0.717, 1.165) is 5.56 Å². The first-order chi connectivity index (χ1) is 12.4. The van der Waals surface area contributed by atoms with Crippen LogP contribution in [0.4, 0.5) is 5.69 Å². The average molecular weight is 487 g/mol. The van der Waals surface area contributed by atoms with Crippen molar-refractivity contribution in [2.75, 3.05) is 13.7 Å². The number of Topliss-reactive ketones (excluding diaryl/α,β-unsaturated/α-hetero) is 1. The van der Waals surface area contributed by atoms with Crippen LogP contribution in [0.1, 0.15) is 27.7 Å². The molecule has 0 radical (unpaired) electrons. The highest BCUT2D eigenvalue weighted by Gasteiger charge is 2.30. The van der Waals surface area contributed by atoms with Gasteiger partial charge in [-0.05, 0) is 30.7 Å². The van der Waals surface area contributed by atoms with E-state index in [1.54, 1.807) is 18.2 Å². The summed E-state index contributed by atoms with van der Waals surface area (Å²) in [4.78, 5) is 22.3. The average Bonchev–Trinajstić information content (AvgIpc) is 2.66. The van der Waals surface area contributed by atoms with Gasteiger partial charge in [0, 0.05) is 6.07 Å². The minimum Gasteiger partial charge on any atom is -0.493 e. The fraction of sp³-hybridized carbons (Fsp3) is 0.278. The summed E-state index contributed by atoms with van der Waals surface area (Å²) in [6, 6.07) is 11.2. The van der Waals surface area contributed by atoms with E-state index in [-0.39, 0.29) is 17.0 Å². The number of rotatable bonds is 8. The summed E-state index contributed by atoms with van der Waals surface area (Å²) in [5, 5.41) is 11.2. The predicted octanol–water partition coefficient (Wildman–Crippen LogP) is 5.08. The van der Waals surface area contributed by atoms with E-state index in [0.29, 0.717) is 18.1 Å². The molecule has 2 rings (SSSR count). The lowest BCUT2D eigenvalue weighted by molar-refractivity contribution is -0.385. The Bertz CT molecular complexity index is 812. The second-order valence-corrected chi connectivity index (χ2v) is 7.26. The molecule has 0 bridgehead atoms. The Kier molecular flexibility index (Phi) is 7.16. The Morgan fingerprint density at radius 2 is 1.88 bits per heavy atom. The number of benzene rings is 2. The molecule has 2 aromatic carbocycles. The number of carbonyl (C=O) groups excluding carboxylic acids is 1. The number of nitro benzene ring substituents is 1. The van der Waals surface area contributed by atoms with Crippen LogP contribution >= 0.6 is 31.9 Å². The lowest BCUT2D eigenvalue weighted by Crippen LogP contribution is -2.20. The van der Waals surface area contributed by atoms with Crippen molar-refractivity contribution < 1.29 is 19.2 Å². The molecule has 0 aliphatic carbocycles. The van der Waals surface area contributed by atoms with Crippen molar-refractivity contribution in [1.29, 1.82) is 0 Å². The minimum atomic E-state index is -0.703. The van der Waals surface area contributed by atoms with Crippen molar-refractivity contribution in [2.24, 2.45) is 0 Å². The summed E-state index contributed by atoms with van der Waals surface area (Å²) in [7, 11) is 1.54. The number of carbonyl (C=O) groups is 1. The zero-order valence-corrected chi connectivity index (χ0v) is 17.3. The molecule has 138 valence electrons. The van der Waals surface area contributed by atoms with Gasteiger partial charge >= 0.3 is 0 Å². The molecule has 6 nitrogen and oxygen atoms in total. The highest BCUT2D eigenvalue weighted by Crippen LogP contribution is 2.38. The zero-order valence-electron chi connectivity index (χ0n) is 14.1. The summed E-state index contributed by atoms with van der Waals surface area (Å²) in [5.74, 6) is 0.772. The number of hydrogen-bond acceptors (Lipinski definition) is 5.